The first kappa shape index (κ1) is 16.5. The molecule has 0 heterocycles. The Labute approximate surface area is 119 Å². The van der Waals surface area contributed by atoms with E-state index in [0.717, 1.165) is 5.56 Å². The Bertz CT molecular complexity index is 453. The first-order valence-corrected chi connectivity index (χ1v) is 6.59. The average Bonchev–Trinajstić information content (AvgIpc) is 2.33. The van der Waals surface area contributed by atoms with Gasteiger partial charge >= 0.3 is 6.09 Å². The Morgan fingerprint density at radius 3 is 2.45 bits per heavy atom. The Morgan fingerprint density at radius 2 is 1.90 bits per heavy atom. The van der Waals surface area contributed by atoms with Crippen molar-refractivity contribution in [3.8, 4) is 0 Å². The lowest BCUT2D eigenvalue weighted by Crippen LogP contribution is -2.39. The summed E-state index contributed by atoms with van der Waals surface area (Å²) in [4.78, 5) is 11.5. The summed E-state index contributed by atoms with van der Waals surface area (Å²) < 4.78 is 5.05. The molecule has 0 spiro atoms. The van der Waals surface area contributed by atoms with Gasteiger partial charge in [-0.2, -0.15) is 0 Å². The van der Waals surface area contributed by atoms with E-state index in [4.69, 9.17) is 4.74 Å². The third kappa shape index (κ3) is 5.19. The number of nitrogens with one attached hydrogen (secondary N) is 1. The largest absolute Gasteiger partial charge is 0.444 e. The Morgan fingerprint density at radius 1 is 1.30 bits per heavy atom. The van der Waals surface area contributed by atoms with Crippen LogP contribution in [0.15, 0.2) is 24.3 Å². The van der Waals surface area contributed by atoms with Crippen LogP contribution in [-0.2, 0) is 4.74 Å². The zero-order valence-corrected chi connectivity index (χ0v) is 12.4. The summed E-state index contributed by atoms with van der Waals surface area (Å²) in [5.74, 6) is 0. The van der Waals surface area contributed by atoms with Crippen LogP contribution in [0.4, 0.5) is 4.79 Å². The van der Waals surface area contributed by atoms with E-state index in [2.05, 4.69) is 5.32 Å². The molecule has 2 atom stereocenters. The van der Waals surface area contributed by atoms with Crippen molar-refractivity contribution in [3.63, 3.8) is 0 Å². The molecule has 0 aromatic heterocycles. The Kier molecular flexibility index (Phi) is 5.53. The van der Waals surface area contributed by atoms with Crippen molar-refractivity contribution < 1.29 is 19.7 Å². The first-order valence-electron chi connectivity index (χ1n) is 6.59. The molecule has 0 saturated carbocycles. The number of hydrogen-bond donors (Lipinski definition) is 3. The maximum absolute atomic E-state index is 11.5. The van der Waals surface area contributed by atoms with Gasteiger partial charge in [0.25, 0.3) is 0 Å². The predicted molar refractivity (Wildman–Crippen MR) is 76.4 cm³/mol. The number of carbonyl (C=O) groups is 1. The molecule has 0 aliphatic carbocycles. The second kappa shape index (κ2) is 6.72. The molecule has 0 aliphatic heterocycles. The molecule has 5 heteroatoms. The van der Waals surface area contributed by atoms with Gasteiger partial charge in [-0.3, -0.25) is 0 Å². The molecule has 1 aromatic carbocycles. The molecular formula is C15H23NO4. The minimum Gasteiger partial charge on any atom is -0.444 e. The SMILES string of the molecule is Cc1ccccc1C(O)C(O)CNC(=O)OC(C)(C)C. The van der Waals surface area contributed by atoms with Crippen LogP contribution >= 0.6 is 0 Å². The zero-order chi connectivity index (χ0) is 15.3. The molecule has 0 radical (unpaired) electrons. The number of ether oxygens (including phenoxy) is 1. The molecule has 0 saturated heterocycles. The van der Waals surface area contributed by atoms with Crippen molar-refractivity contribution in [3.05, 3.63) is 35.4 Å². The van der Waals surface area contributed by atoms with Crippen molar-refractivity contribution in [1.29, 1.82) is 0 Å². The molecule has 1 amide bonds. The maximum Gasteiger partial charge on any atom is 0.407 e. The molecule has 0 fully saturated rings. The molecule has 112 valence electrons. The molecule has 3 N–H and O–H groups in total. The van der Waals surface area contributed by atoms with E-state index in [1.165, 1.54) is 0 Å². The molecule has 0 aliphatic rings. The minimum absolute atomic E-state index is 0.0790. The van der Waals surface area contributed by atoms with Crippen LogP contribution in [-0.4, -0.2) is 34.6 Å². The normalized spacial score (nSPS) is 14.5. The highest BCUT2D eigenvalue weighted by Gasteiger charge is 2.22. The van der Waals surface area contributed by atoms with Crippen molar-refractivity contribution in [2.45, 2.75) is 45.5 Å². The topological polar surface area (TPSA) is 78.8 Å². The van der Waals surface area contributed by atoms with Crippen LogP contribution in [0.25, 0.3) is 0 Å². The fourth-order valence-corrected chi connectivity index (χ4v) is 1.74. The van der Waals surface area contributed by atoms with Crippen LogP contribution in [0.5, 0.6) is 0 Å². The van der Waals surface area contributed by atoms with Gasteiger partial charge in [0.1, 0.15) is 17.8 Å². The van der Waals surface area contributed by atoms with E-state index < -0.39 is 23.9 Å². The summed E-state index contributed by atoms with van der Waals surface area (Å²) in [7, 11) is 0. The maximum atomic E-state index is 11.5. The van der Waals surface area contributed by atoms with Gasteiger partial charge in [-0.1, -0.05) is 24.3 Å². The van der Waals surface area contributed by atoms with Gasteiger partial charge in [0, 0.05) is 6.54 Å². The van der Waals surface area contributed by atoms with Gasteiger partial charge in [-0.15, -0.1) is 0 Å². The second-order valence-corrected chi connectivity index (χ2v) is 5.75. The van der Waals surface area contributed by atoms with E-state index >= 15 is 0 Å². The number of aliphatic hydroxyl groups is 2. The number of benzene rings is 1. The van der Waals surface area contributed by atoms with Crippen molar-refractivity contribution in [1.82, 2.24) is 5.32 Å². The predicted octanol–water partition coefficient (Wildman–Crippen LogP) is 1.91. The lowest BCUT2D eigenvalue weighted by atomic mass is 9.99. The van der Waals surface area contributed by atoms with E-state index in [9.17, 15) is 15.0 Å². The van der Waals surface area contributed by atoms with E-state index in [0.29, 0.717) is 5.56 Å². The monoisotopic (exact) mass is 281 g/mol. The lowest BCUT2D eigenvalue weighted by molar-refractivity contribution is 0.0126. The molecular weight excluding hydrogens is 258 g/mol. The van der Waals surface area contributed by atoms with Gasteiger partial charge in [-0.05, 0) is 38.8 Å². The van der Waals surface area contributed by atoms with Crippen molar-refractivity contribution in [2.75, 3.05) is 6.54 Å². The minimum atomic E-state index is -1.09. The quantitative estimate of drug-likeness (QED) is 0.787. The summed E-state index contributed by atoms with van der Waals surface area (Å²) in [6, 6.07) is 7.25. The summed E-state index contributed by atoms with van der Waals surface area (Å²) in [6.07, 6.45) is -2.76. The Balaban J connectivity index is 2.53. The fourth-order valence-electron chi connectivity index (χ4n) is 1.74. The highest BCUT2D eigenvalue weighted by Crippen LogP contribution is 2.20. The van der Waals surface area contributed by atoms with Gasteiger partial charge in [0.15, 0.2) is 0 Å². The number of amides is 1. The van der Waals surface area contributed by atoms with E-state index in [1.807, 2.05) is 19.1 Å². The fraction of sp³-hybridized carbons (Fsp3) is 0.533. The molecule has 1 rings (SSSR count). The van der Waals surface area contributed by atoms with Crippen LogP contribution in [0.1, 0.15) is 38.0 Å². The average molecular weight is 281 g/mol. The summed E-state index contributed by atoms with van der Waals surface area (Å²) >= 11 is 0. The molecule has 1 aromatic rings. The number of alkyl carbamates (subject to hydrolysis) is 1. The summed E-state index contributed by atoms with van der Waals surface area (Å²) in [6.45, 7) is 7.04. The van der Waals surface area contributed by atoms with Gasteiger partial charge in [0.2, 0.25) is 0 Å². The van der Waals surface area contributed by atoms with Gasteiger partial charge < -0.3 is 20.3 Å². The molecule has 20 heavy (non-hydrogen) atoms. The molecule has 0 bridgehead atoms. The number of rotatable bonds is 4. The van der Waals surface area contributed by atoms with Crippen LogP contribution < -0.4 is 5.32 Å². The third-order valence-electron chi connectivity index (χ3n) is 2.73. The first-order chi connectivity index (χ1) is 9.20. The van der Waals surface area contributed by atoms with Crippen molar-refractivity contribution in [2.24, 2.45) is 0 Å². The Hall–Kier alpha value is -1.59. The second-order valence-electron chi connectivity index (χ2n) is 5.75. The standard InChI is InChI=1S/C15H23NO4/c1-10-7-5-6-8-11(10)13(18)12(17)9-16-14(19)20-15(2,3)4/h5-8,12-13,17-18H,9H2,1-4H3,(H,16,19). The van der Waals surface area contributed by atoms with E-state index in [1.54, 1.807) is 32.9 Å². The summed E-state index contributed by atoms with van der Waals surface area (Å²) in [5.41, 5.74) is 0.936. The highest BCUT2D eigenvalue weighted by molar-refractivity contribution is 5.67. The summed E-state index contributed by atoms with van der Waals surface area (Å²) in [5, 5.41) is 22.4. The number of aryl methyl sites for hydroxylation is 1. The molecule has 2 unspecified atom stereocenters. The third-order valence-corrected chi connectivity index (χ3v) is 2.73. The number of hydrogen-bond acceptors (Lipinski definition) is 4. The van der Waals surface area contributed by atoms with Gasteiger partial charge in [-0.25, -0.2) is 4.79 Å². The van der Waals surface area contributed by atoms with Crippen molar-refractivity contribution >= 4 is 6.09 Å². The molecule has 5 nitrogen and oxygen atoms in total. The highest BCUT2D eigenvalue weighted by atomic mass is 16.6. The van der Waals surface area contributed by atoms with Crippen LogP contribution in [0.2, 0.25) is 0 Å². The number of carbonyl (C=O) groups excluding carboxylic acids is 1. The zero-order valence-electron chi connectivity index (χ0n) is 12.4. The van der Waals surface area contributed by atoms with Crippen LogP contribution in [0.3, 0.4) is 0 Å². The number of aliphatic hydroxyl groups excluding tert-OH is 2. The van der Waals surface area contributed by atoms with Gasteiger partial charge in [0.05, 0.1) is 0 Å². The van der Waals surface area contributed by atoms with Crippen LogP contribution in [0, 0.1) is 6.92 Å². The van der Waals surface area contributed by atoms with E-state index in [-0.39, 0.29) is 6.54 Å². The lowest BCUT2D eigenvalue weighted by Gasteiger charge is -2.22. The smallest absolute Gasteiger partial charge is 0.407 e.